The van der Waals surface area contributed by atoms with E-state index < -0.39 is 94.3 Å². The van der Waals surface area contributed by atoms with Crippen LogP contribution >= 0.6 is 0 Å². The van der Waals surface area contributed by atoms with Gasteiger partial charge in [-0.25, -0.2) is 14.4 Å². The van der Waals surface area contributed by atoms with Crippen LogP contribution in [0.5, 0.6) is 0 Å². The largest absolute Gasteiger partial charge is 0.514 e. The zero-order chi connectivity index (χ0) is 39.9. The fourth-order valence-corrected chi connectivity index (χ4v) is 7.42. The number of allylic oxidation sites excluding steroid dienone is 1. The molecule has 0 unspecified atom stereocenters. The fourth-order valence-electron chi connectivity index (χ4n) is 7.42. The molecule has 2 bridgehead atoms. The van der Waals surface area contributed by atoms with E-state index in [1.165, 1.54) is 26.0 Å². The number of ketones is 1. The Kier molecular flexibility index (Phi) is 11.6. The summed E-state index contributed by atoms with van der Waals surface area (Å²) in [6.07, 6.45) is -6.84. The summed E-state index contributed by atoms with van der Waals surface area (Å²) in [5.41, 5.74) is -7.25. The van der Waals surface area contributed by atoms with Gasteiger partial charge in [0.25, 0.3) is 0 Å². The van der Waals surface area contributed by atoms with E-state index in [-0.39, 0.29) is 41.9 Å². The standard InChI is InChI=1S/C39H52O14/c1-21-25(41)19-39(46)31(50-32(43)24-15-13-12-14-16-24)28(22(2)30(29(42)27(21)37(39,10)11)49-34(45)53-36(7,8)9)38(51-23(3)40)20-48-26(38)17-18-47-33(44)52-35(4,5)6/h12-16,25-26,28,31,41,46H,17-20H2,1-11H3/b30-22+/t25-,26+,28+,31-,38-,39+/m0/s1. The number of hydrogen-bond acceptors (Lipinski definition) is 14. The average Bonchev–Trinajstić information content (AvgIpc) is 3.01. The number of hydrogen-bond donors (Lipinski definition) is 2. The van der Waals surface area contributed by atoms with Crippen LogP contribution in [-0.2, 0) is 42.7 Å². The van der Waals surface area contributed by atoms with Crippen LogP contribution in [0.4, 0.5) is 9.59 Å². The molecule has 1 fully saturated rings. The third kappa shape index (κ3) is 8.44. The van der Waals surface area contributed by atoms with E-state index in [2.05, 4.69) is 0 Å². The lowest BCUT2D eigenvalue weighted by Crippen LogP contribution is -2.73. The molecule has 0 amide bonds. The summed E-state index contributed by atoms with van der Waals surface area (Å²) in [7, 11) is 0. The van der Waals surface area contributed by atoms with Crippen molar-refractivity contribution in [1.82, 2.24) is 0 Å². The number of fused-ring (bicyclic) bond motifs is 2. The summed E-state index contributed by atoms with van der Waals surface area (Å²) in [6.45, 7) is 16.5. The molecule has 0 aromatic heterocycles. The highest BCUT2D eigenvalue weighted by Crippen LogP contribution is 2.58. The highest BCUT2D eigenvalue weighted by Gasteiger charge is 2.69. The fraction of sp³-hybridized carbons (Fsp3) is 0.615. The van der Waals surface area contributed by atoms with Crippen molar-refractivity contribution in [3.05, 3.63) is 58.4 Å². The van der Waals surface area contributed by atoms with Crippen molar-refractivity contribution in [2.24, 2.45) is 11.3 Å². The number of aliphatic hydroxyl groups is 2. The Labute approximate surface area is 309 Å². The molecule has 14 nitrogen and oxygen atoms in total. The topological polar surface area (TPSA) is 190 Å². The van der Waals surface area contributed by atoms with Gasteiger partial charge >= 0.3 is 24.2 Å². The molecule has 2 N–H and O–H groups in total. The van der Waals surface area contributed by atoms with E-state index in [0.29, 0.717) is 0 Å². The predicted octanol–water partition coefficient (Wildman–Crippen LogP) is 5.52. The normalized spacial score (nSPS) is 29.9. The van der Waals surface area contributed by atoms with Crippen LogP contribution in [0.1, 0.15) is 99.4 Å². The summed E-state index contributed by atoms with van der Waals surface area (Å²) >= 11 is 0. The molecule has 1 heterocycles. The van der Waals surface area contributed by atoms with E-state index in [0.717, 1.165) is 6.92 Å². The molecule has 2 aliphatic carbocycles. The number of ether oxygens (including phenoxy) is 7. The summed E-state index contributed by atoms with van der Waals surface area (Å²) in [4.78, 5) is 67.4. The lowest BCUT2D eigenvalue weighted by molar-refractivity contribution is -0.295. The lowest BCUT2D eigenvalue weighted by Gasteiger charge is -2.60. The van der Waals surface area contributed by atoms with Gasteiger partial charge in [0.1, 0.15) is 29.0 Å². The molecule has 14 heteroatoms. The van der Waals surface area contributed by atoms with Gasteiger partial charge in [0, 0.05) is 30.8 Å². The molecule has 292 valence electrons. The van der Waals surface area contributed by atoms with Crippen molar-refractivity contribution >= 4 is 30.0 Å². The van der Waals surface area contributed by atoms with Gasteiger partial charge in [-0.15, -0.1) is 0 Å². The third-order valence-corrected chi connectivity index (χ3v) is 9.86. The zero-order valence-corrected chi connectivity index (χ0v) is 32.3. The smallest absolute Gasteiger partial charge is 0.455 e. The second-order valence-corrected chi connectivity index (χ2v) is 16.4. The van der Waals surface area contributed by atoms with Gasteiger partial charge < -0.3 is 43.4 Å². The Morgan fingerprint density at radius 2 is 1.51 bits per heavy atom. The van der Waals surface area contributed by atoms with E-state index in [9.17, 15) is 34.2 Å². The third-order valence-electron chi connectivity index (χ3n) is 9.86. The van der Waals surface area contributed by atoms with Crippen LogP contribution in [0.3, 0.4) is 0 Å². The molecule has 3 aliphatic rings. The maximum Gasteiger partial charge on any atom is 0.514 e. The maximum atomic E-state index is 14.7. The number of Topliss-reactive ketones (excluding diaryl/α,β-unsaturated/α-hetero) is 1. The molecule has 4 rings (SSSR count). The molecule has 0 saturated carbocycles. The maximum absolute atomic E-state index is 14.7. The number of rotatable bonds is 8. The lowest BCUT2D eigenvalue weighted by atomic mass is 9.53. The summed E-state index contributed by atoms with van der Waals surface area (Å²) in [5, 5.41) is 24.5. The van der Waals surface area contributed by atoms with Gasteiger partial charge in [-0.05, 0) is 78.7 Å². The summed E-state index contributed by atoms with van der Waals surface area (Å²) < 4.78 is 40.0. The minimum absolute atomic E-state index is 0.0371. The summed E-state index contributed by atoms with van der Waals surface area (Å²) in [6, 6.07) is 7.96. The van der Waals surface area contributed by atoms with Crippen LogP contribution in [0, 0.1) is 11.3 Å². The van der Waals surface area contributed by atoms with Crippen LogP contribution in [-0.4, -0.2) is 94.2 Å². The number of carbonyl (C=O) groups is 5. The predicted molar refractivity (Wildman–Crippen MR) is 187 cm³/mol. The Morgan fingerprint density at radius 3 is 2.04 bits per heavy atom. The average molecular weight is 745 g/mol. The molecule has 53 heavy (non-hydrogen) atoms. The van der Waals surface area contributed by atoms with Crippen LogP contribution in [0.25, 0.3) is 0 Å². The molecule has 0 radical (unpaired) electrons. The first-order chi connectivity index (χ1) is 24.3. The first kappa shape index (κ1) is 41.5. The number of carbonyl (C=O) groups excluding carboxylic acids is 5. The zero-order valence-electron chi connectivity index (χ0n) is 32.3. The number of benzene rings is 1. The molecular weight excluding hydrogens is 692 g/mol. The molecule has 0 spiro atoms. The van der Waals surface area contributed by atoms with E-state index >= 15 is 0 Å². The second-order valence-electron chi connectivity index (χ2n) is 16.4. The van der Waals surface area contributed by atoms with Gasteiger partial charge in [-0.1, -0.05) is 32.0 Å². The quantitative estimate of drug-likeness (QED) is 0.250. The monoisotopic (exact) mass is 744 g/mol. The van der Waals surface area contributed by atoms with Gasteiger partial charge in [0.05, 0.1) is 30.8 Å². The first-order valence-corrected chi connectivity index (χ1v) is 17.6. The first-order valence-electron chi connectivity index (χ1n) is 17.6. The van der Waals surface area contributed by atoms with Gasteiger partial charge in [-0.2, -0.15) is 0 Å². The van der Waals surface area contributed by atoms with Gasteiger partial charge in [0.15, 0.2) is 11.4 Å². The molecule has 1 aliphatic heterocycles. The molecule has 6 atom stereocenters. The highest BCUT2D eigenvalue weighted by atomic mass is 16.7. The van der Waals surface area contributed by atoms with Crippen LogP contribution in [0.2, 0.25) is 0 Å². The minimum atomic E-state index is -2.22. The summed E-state index contributed by atoms with van der Waals surface area (Å²) in [5.74, 6) is -4.50. The number of esters is 2. The molecule has 1 aromatic rings. The van der Waals surface area contributed by atoms with Crippen LogP contribution in [0.15, 0.2) is 52.8 Å². The Bertz CT molecular complexity index is 1680. The van der Waals surface area contributed by atoms with Crippen molar-refractivity contribution < 1.29 is 67.3 Å². The van der Waals surface area contributed by atoms with E-state index in [1.54, 1.807) is 73.6 Å². The Hall–Kier alpha value is -4.27. The van der Waals surface area contributed by atoms with Gasteiger partial charge in [0.2, 0.25) is 5.78 Å². The van der Waals surface area contributed by atoms with Crippen molar-refractivity contribution in [1.29, 1.82) is 0 Å². The highest BCUT2D eigenvalue weighted by molar-refractivity contribution is 6.10. The van der Waals surface area contributed by atoms with E-state index in [4.69, 9.17) is 33.2 Å². The SMILES string of the molecule is CC(=O)O[C@@]1([C@@H]2/C(C)=C(/OC(=O)OC(C)(C)C)C(=O)C3=C(C)[C@@H](O)C[C@@](O)([C@H]2OC(=O)c2ccccc2)C3(C)C)CO[C@@H]1CCOC(=O)OC(C)(C)C. The van der Waals surface area contributed by atoms with Crippen molar-refractivity contribution in [3.8, 4) is 0 Å². The van der Waals surface area contributed by atoms with E-state index in [1.807, 2.05) is 0 Å². The second kappa shape index (κ2) is 14.9. The molecule has 1 saturated heterocycles. The van der Waals surface area contributed by atoms with Crippen LogP contribution < -0.4 is 0 Å². The molecule has 1 aromatic carbocycles. The van der Waals surface area contributed by atoms with Crippen molar-refractivity contribution in [3.63, 3.8) is 0 Å². The Morgan fingerprint density at radius 1 is 0.925 bits per heavy atom. The minimum Gasteiger partial charge on any atom is -0.455 e. The van der Waals surface area contributed by atoms with Gasteiger partial charge in [-0.3, -0.25) is 9.59 Å². The van der Waals surface area contributed by atoms with Crippen molar-refractivity contribution in [2.75, 3.05) is 13.2 Å². The Balaban J connectivity index is 2.00. The van der Waals surface area contributed by atoms with Crippen molar-refractivity contribution in [2.45, 2.75) is 130 Å². The molecular formula is C39H52O14. The number of aliphatic hydroxyl groups excluding tert-OH is 1.